The van der Waals surface area contributed by atoms with Crippen LogP contribution in [0.1, 0.15) is 12.8 Å². The first-order valence-corrected chi connectivity index (χ1v) is 6.73. The molecule has 1 saturated heterocycles. The molecule has 1 fully saturated rings. The molecular formula is C14H16N4O2. The highest BCUT2D eigenvalue weighted by Gasteiger charge is 2.20. The largest absolute Gasteiger partial charge is 0.326 e. The van der Waals surface area contributed by atoms with Crippen molar-refractivity contribution in [1.29, 1.82) is 0 Å². The summed E-state index contributed by atoms with van der Waals surface area (Å²) in [7, 11) is 0. The summed E-state index contributed by atoms with van der Waals surface area (Å²) in [5, 5.41) is 6.66. The first-order chi connectivity index (χ1) is 9.74. The monoisotopic (exact) mass is 272 g/mol. The number of H-pyrrole nitrogens is 1. The molecule has 3 N–H and O–H groups in total. The predicted molar refractivity (Wildman–Crippen MR) is 76.6 cm³/mol. The number of rotatable bonds is 2. The summed E-state index contributed by atoms with van der Waals surface area (Å²) >= 11 is 0. The van der Waals surface area contributed by atoms with E-state index in [0.717, 1.165) is 25.9 Å². The van der Waals surface area contributed by atoms with Crippen molar-refractivity contribution in [3.8, 4) is 0 Å². The van der Waals surface area contributed by atoms with Crippen molar-refractivity contribution in [2.75, 3.05) is 18.4 Å². The number of hydrogen-bond acceptors (Lipinski definition) is 4. The summed E-state index contributed by atoms with van der Waals surface area (Å²) in [5.74, 6) is 0.0924. The molecule has 1 aromatic heterocycles. The van der Waals surface area contributed by atoms with E-state index in [0.29, 0.717) is 16.6 Å². The van der Waals surface area contributed by atoms with Crippen LogP contribution in [0, 0.1) is 5.92 Å². The third kappa shape index (κ3) is 2.55. The van der Waals surface area contributed by atoms with Gasteiger partial charge < -0.3 is 15.6 Å². The number of anilines is 1. The minimum Gasteiger partial charge on any atom is -0.326 e. The fraction of sp³-hybridized carbons (Fsp3) is 0.357. The lowest BCUT2D eigenvalue weighted by molar-refractivity contribution is -0.120. The van der Waals surface area contributed by atoms with Crippen LogP contribution in [-0.4, -0.2) is 29.0 Å². The molecule has 6 heteroatoms. The van der Waals surface area contributed by atoms with Gasteiger partial charge in [-0.25, -0.2) is 4.98 Å². The van der Waals surface area contributed by atoms with Gasteiger partial charge in [0.25, 0.3) is 5.56 Å². The average molecular weight is 272 g/mol. The van der Waals surface area contributed by atoms with Gasteiger partial charge in [0.15, 0.2) is 0 Å². The minimum absolute atomic E-state index is 0.0377. The van der Waals surface area contributed by atoms with Crippen LogP contribution in [-0.2, 0) is 4.79 Å². The molecule has 6 nitrogen and oxygen atoms in total. The summed E-state index contributed by atoms with van der Waals surface area (Å²) in [5.41, 5.74) is 1.09. The van der Waals surface area contributed by atoms with Crippen molar-refractivity contribution < 1.29 is 4.79 Å². The molecule has 1 aromatic carbocycles. The number of piperidine rings is 1. The number of amides is 1. The Kier molecular flexibility index (Phi) is 3.47. The molecule has 0 unspecified atom stereocenters. The van der Waals surface area contributed by atoms with Crippen molar-refractivity contribution >= 4 is 22.5 Å². The molecule has 2 aromatic rings. The van der Waals surface area contributed by atoms with Crippen LogP contribution in [0.3, 0.4) is 0 Å². The van der Waals surface area contributed by atoms with Gasteiger partial charge in [0.05, 0.1) is 17.2 Å². The van der Waals surface area contributed by atoms with Crippen molar-refractivity contribution in [2.45, 2.75) is 12.8 Å². The Labute approximate surface area is 115 Å². The van der Waals surface area contributed by atoms with Crippen LogP contribution in [0.25, 0.3) is 10.9 Å². The third-order valence-electron chi connectivity index (χ3n) is 3.62. The van der Waals surface area contributed by atoms with Gasteiger partial charge in [-0.3, -0.25) is 9.59 Å². The quantitative estimate of drug-likeness (QED) is 0.756. The van der Waals surface area contributed by atoms with Gasteiger partial charge in [-0.05, 0) is 44.1 Å². The molecule has 2 heterocycles. The molecule has 0 saturated carbocycles. The molecule has 0 radical (unpaired) electrons. The molecule has 0 spiro atoms. The minimum atomic E-state index is -0.175. The van der Waals surface area contributed by atoms with Crippen molar-refractivity contribution in [3.05, 3.63) is 34.9 Å². The fourth-order valence-electron chi connectivity index (χ4n) is 2.47. The molecule has 20 heavy (non-hydrogen) atoms. The van der Waals surface area contributed by atoms with Gasteiger partial charge >= 0.3 is 0 Å². The number of hydrogen-bond donors (Lipinski definition) is 3. The smallest absolute Gasteiger partial charge is 0.258 e. The third-order valence-corrected chi connectivity index (χ3v) is 3.62. The standard InChI is InChI=1S/C14H16N4O2/c19-13(9-3-5-15-6-4-9)18-10-1-2-11-12(7-10)16-8-17-14(11)20/h1-2,7-9,15H,3-6H2,(H,18,19)(H,16,17,20). The van der Waals surface area contributed by atoms with Gasteiger partial charge in [-0.1, -0.05) is 0 Å². The van der Waals surface area contributed by atoms with E-state index in [9.17, 15) is 9.59 Å². The summed E-state index contributed by atoms with van der Waals surface area (Å²) in [4.78, 5) is 30.3. The Balaban J connectivity index is 1.80. The van der Waals surface area contributed by atoms with Crippen LogP contribution >= 0.6 is 0 Å². The van der Waals surface area contributed by atoms with Crippen LogP contribution < -0.4 is 16.2 Å². The Bertz CT molecular complexity index is 689. The molecule has 104 valence electrons. The van der Waals surface area contributed by atoms with E-state index in [4.69, 9.17) is 0 Å². The topological polar surface area (TPSA) is 86.9 Å². The number of carbonyl (C=O) groups excluding carboxylic acids is 1. The fourth-order valence-corrected chi connectivity index (χ4v) is 2.47. The molecule has 0 aliphatic carbocycles. The van der Waals surface area contributed by atoms with Gasteiger partial charge in [-0.15, -0.1) is 0 Å². The Hall–Kier alpha value is -2.21. The van der Waals surface area contributed by atoms with Crippen molar-refractivity contribution in [1.82, 2.24) is 15.3 Å². The zero-order valence-electron chi connectivity index (χ0n) is 11.0. The van der Waals surface area contributed by atoms with Crippen molar-refractivity contribution in [2.24, 2.45) is 5.92 Å². The first-order valence-electron chi connectivity index (χ1n) is 6.73. The number of fused-ring (bicyclic) bond motifs is 1. The van der Waals surface area contributed by atoms with Crippen LogP contribution in [0.4, 0.5) is 5.69 Å². The summed E-state index contributed by atoms with van der Waals surface area (Å²) in [6.07, 6.45) is 3.08. The van der Waals surface area contributed by atoms with Gasteiger partial charge in [0, 0.05) is 11.6 Å². The highest BCUT2D eigenvalue weighted by Crippen LogP contribution is 2.18. The molecule has 1 aliphatic rings. The summed E-state index contributed by atoms with van der Waals surface area (Å²) < 4.78 is 0. The lowest BCUT2D eigenvalue weighted by Crippen LogP contribution is -2.34. The highest BCUT2D eigenvalue weighted by molar-refractivity contribution is 5.94. The molecule has 0 bridgehead atoms. The van der Waals surface area contributed by atoms with E-state index in [1.165, 1.54) is 6.33 Å². The van der Waals surface area contributed by atoms with E-state index in [1.54, 1.807) is 18.2 Å². The van der Waals surface area contributed by atoms with E-state index >= 15 is 0 Å². The Morgan fingerprint density at radius 3 is 2.90 bits per heavy atom. The lowest BCUT2D eigenvalue weighted by atomic mass is 9.97. The maximum atomic E-state index is 12.1. The van der Waals surface area contributed by atoms with Crippen LogP contribution in [0.15, 0.2) is 29.3 Å². The molecule has 3 rings (SSSR count). The number of nitrogens with one attached hydrogen (secondary N) is 3. The van der Waals surface area contributed by atoms with Gasteiger partial charge in [0.2, 0.25) is 5.91 Å². The number of benzene rings is 1. The maximum Gasteiger partial charge on any atom is 0.258 e. The Morgan fingerprint density at radius 2 is 2.10 bits per heavy atom. The molecule has 1 amide bonds. The predicted octanol–water partition coefficient (Wildman–Crippen LogP) is 0.861. The highest BCUT2D eigenvalue weighted by atomic mass is 16.2. The second kappa shape index (κ2) is 5.42. The summed E-state index contributed by atoms with van der Waals surface area (Å²) in [6, 6.07) is 5.14. The summed E-state index contributed by atoms with van der Waals surface area (Å²) in [6.45, 7) is 1.76. The number of nitrogens with zero attached hydrogens (tertiary/aromatic N) is 1. The SMILES string of the molecule is O=C(Nc1ccc2c(=O)[nH]cnc2c1)C1CCNCC1. The molecule has 1 aliphatic heterocycles. The average Bonchev–Trinajstić information content (AvgIpc) is 2.48. The lowest BCUT2D eigenvalue weighted by Gasteiger charge is -2.21. The Morgan fingerprint density at radius 1 is 1.30 bits per heavy atom. The van der Waals surface area contributed by atoms with E-state index in [-0.39, 0.29) is 17.4 Å². The first kappa shape index (κ1) is 12.8. The number of aromatic nitrogens is 2. The molecular weight excluding hydrogens is 256 g/mol. The zero-order valence-corrected chi connectivity index (χ0v) is 11.0. The maximum absolute atomic E-state index is 12.1. The van der Waals surface area contributed by atoms with Gasteiger partial charge in [-0.2, -0.15) is 0 Å². The van der Waals surface area contributed by atoms with E-state index < -0.39 is 0 Å². The van der Waals surface area contributed by atoms with Crippen LogP contribution in [0.2, 0.25) is 0 Å². The normalized spacial score (nSPS) is 16.2. The second-order valence-corrected chi connectivity index (χ2v) is 4.98. The van der Waals surface area contributed by atoms with Gasteiger partial charge in [0.1, 0.15) is 0 Å². The van der Waals surface area contributed by atoms with Crippen molar-refractivity contribution in [3.63, 3.8) is 0 Å². The zero-order chi connectivity index (χ0) is 13.9. The molecule has 0 atom stereocenters. The second-order valence-electron chi connectivity index (χ2n) is 4.98. The van der Waals surface area contributed by atoms with Crippen LogP contribution in [0.5, 0.6) is 0 Å². The number of aromatic amines is 1. The number of carbonyl (C=O) groups is 1. The van der Waals surface area contributed by atoms with E-state index in [2.05, 4.69) is 20.6 Å². The van der Waals surface area contributed by atoms with E-state index in [1.807, 2.05) is 0 Å².